The van der Waals surface area contributed by atoms with Gasteiger partial charge in [0.15, 0.2) is 0 Å². The zero-order valence-corrected chi connectivity index (χ0v) is 35.1. The van der Waals surface area contributed by atoms with Crippen molar-refractivity contribution in [2.45, 2.75) is 174 Å². The van der Waals surface area contributed by atoms with Gasteiger partial charge in [-0.25, -0.2) is 4.79 Å². The zero-order valence-electron chi connectivity index (χ0n) is 35.1. The Morgan fingerprint density at radius 2 is 0.879 bits per heavy atom. The molecule has 0 aliphatic heterocycles. The Labute approximate surface area is 342 Å². The molecule has 0 heterocycles. The average Bonchev–Trinajstić information content (AvgIpc) is 3.15. The summed E-state index contributed by atoms with van der Waals surface area (Å²) in [5.41, 5.74) is 0. The van der Waals surface area contributed by atoms with E-state index in [1.165, 1.54) is 57.8 Å². The minimum absolute atomic E-state index is 0.253. The summed E-state index contributed by atoms with van der Waals surface area (Å²) in [6.07, 6.45) is 13.6. The molecule has 9 N–H and O–H groups in total. The van der Waals surface area contributed by atoms with E-state index in [9.17, 15) is 48.3 Å². The lowest BCUT2D eigenvalue weighted by Crippen LogP contribution is -2.57. The molecule has 4 unspecified atom stereocenters. The van der Waals surface area contributed by atoms with Crippen LogP contribution < -0.4 is 31.9 Å². The van der Waals surface area contributed by atoms with E-state index >= 15 is 0 Å². The van der Waals surface area contributed by atoms with Crippen LogP contribution >= 0.6 is 0 Å². The fourth-order valence-corrected chi connectivity index (χ4v) is 5.96. The Morgan fingerprint density at radius 1 is 0.431 bits per heavy atom. The van der Waals surface area contributed by atoms with Crippen LogP contribution in [0.4, 0.5) is 0 Å². The lowest BCUT2D eigenvalue weighted by atomic mass is 9.99. The molecule has 0 aromatic rings. The number of nitrogens with one attached hydrogen (secondary N) is 6. The molecule has 0 radical (unpaired) electrons. The van der Waals surface area contributed by atoms with Crippen LogP contribution in [0.25, 0.3) is 0 Å². The van der Waals surface area contributed by atoms with Crippen molar-refractivity contribution < 1.29 is 58.5 Å². The Kier molecular flexibility index (Phi) is 28.7. The minimum atomic E-state index is -1.62. The zero-order chi connectivity index (χ0) is 44.0. The molecule has 332 valence electrons. The molecular weight excluding hydrogens is 756 g/mol. The molecule has 0 saturated heterocycles. The molecule has 0 rings (SSSR count). The van der Waals surface area contributed by atoms with Crippen molar-refractivity contribution in [1.29, 1.82) is 0 Å². The van der Waals surface area contributed by atoms with Crippen LogP contribution in [0.15, 0.2) is 0 Å². The average molecular weight is 827 g/mol. The lowest BCUT2D eigenvalue weighted by Gasteiger charge is -2.27. The summed E-state index contributed by atoms with van der Waals surface area (Å²) in [5.74, 6) is -9.16. The van der Waals surface area contributed by atoms with Gasteiger partial charge < -0.3 is 47.2 Å². The maximum atomic E-state index is 13.3. The van der Waals surface area contributed by atoms with Crippen LogP contribution in [0.3, 0.4) is 0 Å². The molecule has 0 saturated carbocycles. The first kappa shape index (κ1) is 53.2. The van der Waals surface area contributed by atoms with Gasteiger partial charge in [0, 0.05) is 19.3 Å². The Morgan fingerprint density at radius 3 is 1.34 bits per heavy atom. The number of aliphatic carboxylic acids is 3. The second-order valence-corrected chi connectivity index (χ2v) is 15.4. The molecule has 4 atom stereocenters. The predicted octanol–water partition coefficient (Wildman–Crippen LogP) is 2.77. The summed E-state index contributed by atoms with van der Waals surface area (Å²) in [5, 5.41) is 41.6. The van der Waals surface area contributed by atoms with Gasteiger partial charge in [-0.15, -0.1) is 0 Å². The third kappa shape index (κ3) is 26.2. The monoisotopic (exact) mass is 827 g/mol. The van der Waals surface area contributed by atoms with Gasteiger partial charge in [-0.3, -0.25) is 38.4 Å². The van der Waals surface area contributed by atoms with Crippen LogP contribution in [0.2, 0.25) is 0 Å². The van der Waals surface area contributed by atoms with Gasteiger partial charge in [0.2, 0.25) is 35.4 Å². The van der Waals surface area contributed by atoms with Crippen LogP contribution in [0.5, 0.6) is 0 Å². The van der Waals surface area contributed by atoms with E-state index in [1.807, 2.05) is 0 Å². The normalized spacial score (nSPS) is 13.1. The quantitative estimate of drug-likeness (QED) is 0.0424. The second kappa shape index (κ2) is 31.3. The van der Waals surface area contributed by atoms with Crippen molar-refractivity contribution in [3.05, 3.63) is 0 Å². The number of unbranched alkanes of at least 4 members (excludes halogenated alkanes) is 12. The lowest BCUT2D eigenvalue weighted by molar-refractivity contribution is -0.144. The first-order valence-corrected chi connectivity index (χ1v) is 20.8. The van der Waals surface area contributed by atoms with Gasteiger partial charge in [-0.2, -0.15) is 0 Å². The number of hydrogen-bond acceptors (Lipinski definition) is 9. The first-order valence-electron chi connectivity index (χ1n) is 20.8. The predicted molar refractivity (Wildman–Crippen MR) is 215 cm³/mol. The van der Waals surface area contributed by atoms with Crippen LogP contribution in [-0.2, 0) is 43.2 Å². The molecular formula is C40H70N6O12. The van der Waals surface area contributed by atoms with Crippen molar-refractivity contribution >= 4 is 53.4 Å². The van der Waals surface area contributed by atoms with Gasteiger partial charge in [0.1, 0.15) is 24.2 Å². The van der Waals surface area contributed by atoms with Gasteiger partial charge in [0.25, 0.3) is 0 Å². The summed E-state index contributed by atoms with van der Waals surface area (Å²) >= 11 is 0. The molecule has 0 aromatic carbocycles. The van der Waals surface area contributed by atoms with Crippen molar-refractivity contribution in [2.75, 3.05) is 13.1 Å². The van der Waals surface area contributed by atoms with Gasteiger partial charge >= 0.3 is 17.9 Å². The number of carbonyl (C=O) groups excluding carboxylic acids is 6. The number of carbonyl (C=O) groups is 9. The summed E-state index contributed by atoms with van der Waals surface area (Å²) in [4.78, 5) is 110. The van der Waals surface area contributed by atoms with Crippen molar-refractivity contribution in [3.63, 3.8) is 0 Å². The highest BCUT2D eigenvalue weighted by Gasteiger charge is 2.31. The fraction of sp³-hybridized carbons (Fsp3) is 0.775. The molecule has 6 amide bonds. The number of rotatable bonds is 34. The van der Waals surface area contributed by atoms with Gasteiger partial charge in [-0.05, 0) is 31.1 Å². The van der Waals surface area contributed by atoms with E-state index in [1.54, 1.807) is 27.7 Å². The third-order valence-electron chi connectivity index (χ3n) is 9.45. The SMILES string of the molecule is CCCCCCCCCCCCCCCC(=O)NC(C(=O)NC(C(=O)NCC(=O)NCC(=O)NC(CCC(=O)O)C(=O)NC(CCC(=O)O)C(=O)O)C(C)C)C(C)C. The van der Waals surface area contributed by atoms with Crippen molar-refractivity contribution in [3.8, 4) is 0 Å². The summed E-state index contributed by atoms with van der Waals surface area (Å²) in [6, 6.07) is -5.11. The third-order valence-corrected chi connectivity index (χ3v) is 9.45. The van der Waals surface area contributed by atoms with E-state index in [0.29, 0.717) is 6.42 Å². The standard InChI is InChI=1S/C40H70N6O12/c1-6-7-8-9-10-11-12-13-14-15-16-17-18-19-30(47)45-36(27(4)5)39(56)46-35(26(2)3)38(55)42-24-31(48)41-25-32(49)43-28(20-22-33(50)51)37(54)44-29(40(57)58)21-23-34(52)53/h26-29,35-36H,6-25H2,1-5H3,(H,41,48)(H,42,55)(H,43,49)(H,44,54)(H,45,47)(H,46,56)(H,50,51)(H,52,53)(H,57,58). The molecule has 0 fully saturated rings. The van der Waals surface area contributed by atoms with E-state index in [-0.39, 0.29) is 18.2 Å². The fourth-order valence-electron chi connectivity index (χ4n) is 5.96. The van der Waals surface area contributed by atoms with Crippen LogP contribution in [0.1, 0.15) is 150 Å². The smallest absolute Gasteiger partial charge is 0.326 e. The van der Waals surface area contributed by atoms with Crippen LogP contribution in [0, 0.1) is 11.8 Å². The first-order chi connectivity index (χ1) is 27.4. The minimum Gasteiger partial charge on any atom is -0.481 e. The molecule has 0 spiro atoms. The molecule has 0 aliphatic carbocycles. The molecule has 0 aliphatic rings. The molecule has 18 nitrogen and oxygen atoms in total. The van der Waals surface area contributed by atoms with E-state index in [2.05, 4.69) is 38.8 Å². The van der Waals surface area contributed by atoms with Crippen LogP contribution in [-0.4, -0.2) is 106 Å². The number of carboxylic acid groups (broad SMARTS) is 3. The van der Waals surface area contributed by atoms with Gasteiger partial charge in [-0.1, -0.05) is 112 Å². The largest absolute Gasteiger partial charge is 0.481 e. The van der Waals surface area contributed by atoms with Gasteiger partial charge in [0.05, 0.1) is 13.1 Å². The maximum absolute atomic E-state index is 13.3. The highest BCUT2D eigenvalue weighted by atomic mass is 16.4. The number of amides is 6. The number of carboxylic acids is 3. The van der Waals surface area contributed by atoms with E-state index < -0.39 is 116 Å². The Balaban J connectivity index is 4.89. The van der Waals surface area contributed by atoms with E-state index in [4.69, 9.17) is 10.2 Å². The highest BCUT2D eigenvalue weighted by Crippen LogP contribution is 2.14. The molecule has 0 aromatic heterocycles. The number of hydrogen-bond donors (Lipinski definition) is 9. The molecule has 18 heteroatoms. The molecule has 58 heavy (non-hydrogen) atoms. The topological polar surface area (TPSA) is 286 Å². The molecule has 0 bridgehead atoms. The summed E-state index contributed by atoms with van der Waals surface area (Å²) < 4.78 is 0. The summed E-state index contributed by atoms with van der Waals surface area (Å²) in [6.45, 7) is 7.85. The van der Waals surface area contributed by atoms with E-state index in [0.717, 1.165) is 19.3 Å². The van der Waals surface area contributed by atoms with Crippen molar-refractivity contribution in [1.82, 2.24) is 31.9 Å². The Bertz CT molecular complexity index is 1320. The summed E-state index contributed by atoms with van der Waals surface area (Å²) in [7, 11) is 0. The van der Waals surface area contributed by atoms with Crippen molar-refractivity contribution in [2.24, 2.45) is 11.8 Å². The highest BCUT2D eigenvalue weighted by molar-refractivity contribution is 5.95. The second-order valence-electron chi connectivity index (χ2n) is 15.4. The Hall–Kier alpha value is -4.77. The maximum Gasteiger partial charge on any atom is 0.326 e.